The average molecular weight is 285 g/mol. The predicted octanol–water partition coefficient (Wildman–Crippen LogP) is 5.10. The molecule has 4 heteroatoms. The molecule has 1 N–H and O–H groups in total. The van der Waals surface area contributed by atoms with Gasteiger partial charge in [0.2, 0.25) is 0 Å². The number of aromatic amines is 1. The molecule has 0 saturated heterocycles. The van der Waals surface area contributed by atoms with Crippen molar-refractivity contribution >= 4 is 44.1 Å². The van der Waals surface area contributed by atoms with E-state index in [0.29, 0.717) is 5.02 Å². The van der Waals surface area contributed by atoms with Crippen molar-refractivity contribution < 1.29 is 0 Å². The van der Waals surface area contributed by atoms with Gasteiger partial charge < -0.3 is 4.98 Å². The zero-order valence-corrected chi connectivity index (χ0v) is 11.4. The van der Waals surface area contributed by atoms with Crippen LogP contribution < -0.4 is 0 Å². The minimum atomic E-state index is 0.680. The van der Waals surface area contributed by atoms with Gasteiger partial charge in [-0.3, -0.25) is 0 Å². The largest absolute Gasteiger partial charge is 0.338 e. The maximum Gasteiger partial charge on any atom is 0.140 e. The van der Waals surface area contributed by atoms with Crippen LogP contribution in [0.3, 0.4) is 0 Å². The summed E-state index contributed by atoms with van der Waals surface area (Å²) in [5.41, 5.74) is 2.93. The first kappa shape index (κ1) is 11.0. The lowest BCUT2D eigenvalue weighted by molar-refractivity contribution is 1.35. The Bertz CT molecular complexity index is 891. The number of benzene rings is 2. The van der Waals surface area contributed by atoms with Gasteiger partial charge in [0.15, 0.2) is 0 Å². The molecule has 0 aliphatic rings. The summed E-state index contributed by atoms with van der Waals surface area (Å²) in [6, 6.07) is 14.1. The number of rotatable bonds is 1. The zero-order valence-electron chi connectivity index (χ0n) is 9.85. The molecule has 0 amide bonds. The lowest BCUT2D eigenvalue weighted by Crippen LogP contribution is -1.77. The van der Waals surface area contributed by atoms with Gasteiger partial charge in [-0.1, -0.05) is 35.9 Å². The van der Waals surface area contributed by atoms with Crippen molar-refractivity contribution in [3.63, 3.8) is 0 Å². The van der Waals surface area contributed by atoms with Gasteiger partial charge in [-0.05, 0) is 18.2 Å². The molecule has 92 valence electrons. The number of halogens is 1. The van der Waals surface area contributed by atoms with Crippen LogP contribution in [0.2, 0.25) is 5.02 Å². The van der Waals surface area contributed by atoms with E-state index in [0.717, 1.165) is 22.4 Å². The third-order valence-electron chi connectivity index (χ3n) is 3.20. The highest BCUT2D eigenvalue weighted by molar-refractivity contribution is 7.17. The number of fused-ring (bicyclic) bond motifs is 2. The van der Waals surface area contributed by atoms with Crippen molar-refractivity contribution in [1.82, 2.24) is 9.97 Å². The van der Waals surface area contributed by atoms with E-state index in [1.165, 1.54) is 10.1 Å². The molecule has 4 rings (SSSR count). The second-order valence-electron chi connectivity index (χ2n) is 4.37. The van der Waals surface area contributed by atoms with Gasteiger partial charge in [0, 0.05) is 21.0 Å². The SMILES string of the molecule is Clc1cccc2[nH]c(-c3csc4ccccc34)nc12. The summed E-state index contributed by atoms with van der Waals surface area (Å²) in [6.07, 6.45) is 0. The molecule has 2 aromatic carbocycles. The monoisotopic (exact) mass is 284 g/mol. The Kier molecular flexibility index (Phi) is 2.37. The highest BCUT2D eigenvalue weighted by Crippen LogP contribution is 2.34. The number of nitrogens with zero attached hydrogens (tertiary/aromatic N) is 1. The number of thiophene rings is 1. The van der Waals surface area contributed by atoms with Crippen molar-refractivity contribution in [3.8, 4) is 11.4 Å². The Morgan fingerprint density at radius 1 is 1.05 bits per heavy atom. The van der Waals surface area contributed by atoms with Gasteiger partial charge >= 0.3 is 0 Å². The van der Waals surface area contributed by atoms with Gasteiger partial charge in [0.05, 0.1) is 10.5 Å². The van der Waals surface area contributed by atoms with Gasteiger partial charge in [0.25, 0.3) is 0 Å². The highest BCUT2D eigenvalue weighted by Gasteiger charge is 2.11. The topological polar surface area (TPSA) is 28.7 Å². The third-order valence-corrected chi connectivity index (χ3v) is 4.47. The number of aromatic nitrogens is 2. The minimum Gasteiger partial charge on any atom is -0.338 e. The smallest absolute Gasteiger partial charge is 0.140 e. The minimum absolute atomic E-state index is 0.680. The number of hydrogen-bond donors (Lipinski definition) is 1. The van der Waals surface area contributed by atoms with Crippen LogP contribution in [0.4, 0.5) is 0 Å². The van der Waals surface area contributed by atoms with E-state index in [1.54, 1.807) is 11.3 Å². The molecule has 0 saturated carbocycles. The molecule has 0 aliphatic heterocycles. The molecule has 0 unspecified atom stereocenters. The van der Waals surface area contributed by atoms with Gasteiger partial charge in [-0.15, -0.1) is 11.3 Å². The Balaban J connectivity index is 2.02. The Hall–Kier alpha value is -1.84. The van der Waals surface area contributed by atoms with E-state index in [-0.39, 0.29) is 0 Å². The quantitative estimate of drug-likeness (QED) is 0.518. The molecular weight excluding hydrogens is 276 g/mol. The molecule has 2 aromatic heterocycles. The molecule has 0 aliphatic carbocycles. The maximum absolute atomic E-state index is 6.17. The van der Waals surface area contributed by atoms with Gasteiger partial charge in [-0.25, -0.2) is 4.98 Å². The summed E-state index contributed by atoms with van der Waals surface area (Å²) in [7, 11) is 0. The summed E-state index contributed by atoms with van der Waals surface area (Å²) in [5, 5.41) is 4.04. The van der Waals surface area contributed by atoms with Gasteiger partial charge in [-0.2, -0.15) is 0 Å². The lowest BCUT2D eigenvalue weighted by Gasteiger charge is -1.93. The number of hydrogen-bond acceptors (Lipinski definition) is 2. The molecule has 19 heavy (non-hydrogen) atoms. The Morgan fingerprint density at radius 3 is 2.84 bits per heavy atom. The first-order valence-electron chi connectivity index (χ1n) is 5.94. The van der Waals surface area contributed by atoms with E-state index < -0.39 is 0 Å². The maximum atomic E-state index is 6.17. The highest BCUT2D eigenvalue weighted by atomic mass is 35.5. The van der Waals surface area contributed by atoms with Crippen LogP contribution in [0.25, 0.3) is 32.5 Å². The average Bonchev–Trinajstić information content (AvgIpc) is 3.02. The molecule has 0 atom stereocenters. The summed E-state index contributed by atoms with van der Waals surface area (Å²) < 4.78 is 1.27. The zero-order chi connectivity index (χ0) is 12.8. The third kappa shape index (κ3) is 1.66. The normalized spacial score (nSPS) is 11.4. The predicted molar refractivity (Wildman–Crippen MR) is 81.9 cm³/mol. The molecule has 2 nitrogen and oxygen atoms in total. The summed E-state index contributed by atoms with van der Waals surface area (Å²) in [4.78, 5) is 7.97. The van der Waals surface area contributed by atoms with Crippen molar-refractivity contribution in [2.75, 3.05) is 0 Å². The summed E-state index contributed by atoms with van der Waals surface area (Å²) in [5.74, 6) is 0.876. The molecule has 0 bridgehead atoms. The fourth-order valence-electron chi connectivity index (χ4n) is 2.29. The molecule has 0 fully saturated rings. The Labute approximate surface area is 118 Å². The van der Waals surface area contributed by atoms with E-state index in [9.17, 15) is 0 Å². The van der Waals surface area contributed by atoms with Crippen molar-refractivity contribution in [3.05, 3.63) is 52.9 Å². The van der Waals surface area contributed by atoms with Crippen molar-refractivity contribution in [2.24, 2.45) is 0 Å². The second kappa shape index (κ2) is 4.08. The van der Waals surface area contributed by atoms with Crippen LogP contribution in [-0.4, -0.2) is 9.97 Å². The van der Waals surface area contributed by atoms with E-state index in [4.69, 9.17) is 11.6 Å². The number of imidazole rings is 1. The van der Waals surface area contributed by atoms with Crippen LogP contribution in [0, 0.1) is 0 Å². The van der Waals surface area contributed by atoms with E-state index in [1.807, 2.05) is 24.3 Å². The number of para-hydroxylation sites is 1. The standard InChI is InChI=1S/C15H9ClN2S/c16-11-5-3-6-12-14(11)18-15(17-12)10-8-19-13-7-2-1-4-9(10)13/h1-8H,(H,17,18). The molecule has 2 heterocycles. The van der Waals surface area contributed by atoms with Crippen LogP contribution in [0.1, 0.15) is 0 Å². The summed E-state index contributed by atoms with van der Waals surface area (Å²) >= 11 is 7.90. The molecular formula is C15H9ClN2S. The summed E-state index contributed by atoms with van der Waals surface area (Å²) in [6.45, 7) is 0. The van der Waals surface area contributed by atoms with E-state index in [2.05, 4.69) is 33.5 Å². The van der Waals surface area contributed by atoms with Crippen molar-refractivity contribution in [1.29, 1.82) is 0 Å². The molecule has 0 radical (unpaired) electrons. The first-order chi connectivity index (χ1) is 9.33. The number of H-pyrrole nitrogens is 1. The van der Waals surface area contributed by atoms with Crippen molar-refractivity contribution in [2.45, 2.75) is 0 Å². The fraction of sp³-hybridized carbons (Fsp3) is 0. The Morgan fingerprint density at radius 2 is 1.95 bits per heavy atom. The molecule has 0 spiro atoms. The van der Waals surface area contributed by atoms with Crippen LogP contribution >= 0.6 is 22.9 Å². The second-order valence-corrected chi connectivity index (χ2v) is 5.69. The molecule has 4 aromatic rings. The first-order valence-corrected chi connectivity index (χ1v) is 7.19. The number of nitrogens with one attached hydrogen (secondary N) is 1. The van der Waals surface area contributed by atoms with Crippen LogP contribution in [0.15, 0.2) is 47.8 Å². The van der Waals surface area contributed by atoms with E-state index >= 15 is 0 Å². The van der Waals surface area contributed by atoms with Crippen LogP contribution in [0.5, 0.6) is 0 Å². The fourth-order valence-corrected chi connectivity index (χ4v) is 3.45. The van der Waals surface area contributed by atoms with Gasteiger partial charge in [0.1, 0.15) is 11.3 Å². The lowest BCUT2D eigenvalue weighted by atomic mass is 10.2. The van der Waals surface area contributed by atoms with Crippen LogP contribution in [-0.2, 0) is 0 Å².